The van der Waals surface area contributed by atoms with E-state index in [0.29, 0.717) is 16.8 Å². The number of anilines is 1. The molecule has 6 heteroatoms. The SMILES string of the molecule is COc1cc([C@@H]2/C(=C(\O)c3ccccc3)C(=O)C(=O)N2c2ccccc2)ccc1O. The molecule has 1 aliphatic rings. The number of ether oxygens (including phenoxy) is 1. The number of methoxy groups -OCH3 is 1. The molecule has 150 valence electrons. The molecule has 3 aromatic rings. The van der Waals surface area contributed by atoms with Gasteiger partial charge in [0, 0.05) is 11.3 Å². The topological polar surface area (TPSA) is 87.1 Å². The average Bonchev–Trinajstić information content (AvgIpc) is 3.05. The van der Waals surface area contributed by atoms with E-state index in [1.807, 2.05) is 6.07 Å². The molecule has 2 N–H and O–H groups in total. The second-order valence-electron chi connectivity index (χ2n) is 6.80. The number of hydrogen-bond donors (Lipinski definition) is 2. The number of phenolic OH excluding ortho intramolecular Hbond substituents is 1. The van der Waals surface area contributed by atoms with Gasteiger partial charge in [-0.25, -0.2) is 0 Å². The van der Waals surface area contributed by atoms with Crippen LogP contribution in [0.3, 0.4) is 0 Å². The van der Waals surface area contributed by atoms with E-state index in [1.54, 1.807) is 66.7 Å². The Morgan fingerprint density at radius 3 is 2.20 bits per heavy atom. The number of para-hydroxylation sites is 1. The zero-order valence-corrected chi connectivity index (χ0v) is 16.1. The highest BCUT2D eigenvalue weighted by Gasteiger charge is 2.47. The molecular weight excluding hydrogens is 382 g/mol. The minimum atomic E-state index is -0.887. The van der Waals surface area contributed by atoms with Gasteiger partial charge in [-0.05, 0) is 29.8 Å². The van der Waals surface area contributed by atoms with Gasteiger partial charge in [0.05, 0.1) is 18.7 Å². The lowest BCUT2D eigenvalue weighted by molar-refractivity contribution is -0.132. The summed E-state index contributed by atoms with van der Waals surface area (Å²) in [5.41, 5.74) is 1.44. The Bertz CT molecular complexity index is 1140. The molecule has 1 aliphatic heterocycles. The van der Waals surface area contributed by atoms with Crippen LogP contribution in [0.1, 0.15) is 17.2 Å². The maximum Gasteiger partial charge on any atom is 0.300 e. The first-order valence-corrected chi connectivity index (χ1v) is 9.31. The first-order valence-electron chi connectivity index (χ1n) is 9.31. The van der Waals surface area contributed by atoms with Gasteiger partial charge in [-0.1, -0.05) is 54.6 Å². The lowest BCUT2D eigenvalue weighted by atomic mass is 9.95. The van der Waals surface area contributed by atoms with Gasteiger partial charge >= 0.3 is 0 Å². The molecule has 1 atom stereocenters. The lowest BCUT2D eigenvalue weighted by Gasteiger charge is -2.25. The van der Waals surface area contributed by atoms with Crippen molar-refractivity contribution in [3.8, 4) is 11.5 Å². The number of carbonyl (C=O) groups is 2. The summed E-state index contributed by atoms with van der Waals surface area (Å²) in [6.45, 7) is 0. The number of hydrogen-bond acceptors (Lipinski definition) is 5. The van der Waals surface area contributed by atoms with E-state index in [1.165, 1.54) is 18.1 Å². The molecule has 6 nitrogen and oxygen atoms in total. The third-order valence-electron chi connectivity index (χ3n) is 5.05. The van der Waals surface area contributed by atoms with Crippen LogP contribution in [-0.4, -0.2) is 29.0 Å². The van der Waals surface area contributed by atoms with E-state index in [0.717, 1.165) is 0 Å². The van der Waals surface area contributed by atoms with Crippen LogP contribution < -0.4 is 9.64 Å². The van der Waals surface area contributed by atoms with Crippen molar-refractivity contribution < 1.29 is 24.5 Å². The number of ketones is 1. The van der Waals surface area contributed by atoms with E-state index in [4.69, 9.17) is 4.74 Å². The normalized spacial score (nSPS) is 17.9. The standard InChI is InChI=1S/C24H19NO5/c1-30-19-14-16(12-13-18(19)26)21-20(22(27)15-8-4-2-5-9-15)23(28)24(29)25(21)17-10-6-3-7-11-17/h2-14,21,26-27H,1H3/b22-20+/t21-/m1/s1. The molecule has 0 unspecified atom stereocenters. The van der Waals surface area contributed by atoms with Crippen LogP contribution in [-0.2, 0) is 9.59 Å². The molecule has 1 saturated heterocycles. The van der Waals surface area contributed by atoms with Gasteiger partial charge in [0.1, 0.15) is 5.76 Å². The fourth-order valence-electron chi connectivity index (χ4n) is 3.62. The molecular formula is C24H19NO5. The third-order valence-corrected chi connectivity index (χ3v) is 5.05. The van der Waals surface area contributed by atoms with Crippen LogP contribution in [0.25, 0.3) is 5.76 Å². The Morgan fingerprint density at radius 2 is 1.57 bits per heavy atom. The lowest BCUT2D eigenvalue weighted by Crippen LogP contribution is -2.29. The summed E-state index contributed by atoms with van der Waals surface area (Å²) in [6, 6.07) is 21.1. The second-order valence-corrected chi connectivity index (χ2v) is 6.80. The number of benzene rings is 3. The van der Waals surface area contributed by atoms with E-state index >= 15 is 0 Å². The molecule has 0 bridgehead atoms. The third kappa shape index (κ3) is 3.18. The quantitative estimate of drug-likeness (QED) is 0.392. The minimum absolute atomic E-state index is 0.0252. The Morgan fingerprint density at radius 1 is 0.933 bits per heavy atom. The molecule has 1 amide bonds. The van der Waals surface area contributed by atoms with Gasteiger partial charge < -0.3 is 14.9 Å². The maximum atomic E-state index is 13.0. The zero-order chi connectivity index (χ0) is 21.3. The molecule has 1 fully saturated rings. The number of phenols is 1. The summed E-state index contributed by atoms with van der Waals surface area (Å²) < 4.78 is 5.20. The van der Waals surface area contributed by atoms with E-state index in [9.17, 15) is 19.8 Å². The largest absolute Gasteiger partial charge is 0.507 e. The van der Waals surface area contributed by atoms with Gasteiger partial charge in [0.15, 0.2) is 11.5 Å². The van der Waals surface area contributed by atoms with Crippen molar-refractivity contribution >= 4 is 23.1 Å². The highest BCUT2D eigenvalue weighted by molar-refractivity contribution is 6.51. The number of aliphatic hydroxyl groups excluding tert-OH is 1. The fraction of sp³-hybridized carbons (Fsp3) is 0.0833. The molecule has 30 heavy (non-hydrogen) atoms. The van der Waals surface area contributed by atoms with Crippen molar-refractivity contribution in [1.82, 2.24) is 0 Å². The van der Waals surface area contributed by atoms with E-state index in [-0.39, 0.29) is 22.8 Å². The highest BCUT2D eigenvalue weighted by atomic mass is 16.5. The van der Waals surface area contributed by atoms with Gasteiger partial charge in [0.2, 0.25) is 0 Å². The highest BCUT2D eigenvalue weighted by Crippen LogP contribution is 2.43. The van der Waals surface area contributed by atoms with Crippen molar-refractivity contribution in [2.24, 2.45) is 0 Å². The summed E-state index contributed by atoms with van der Waals surface area (Å²) in [5, 5.41) is 21.0. The number of carbonyl (C=O) groups excluding carboxylic acids is 2. The number of Topliss-reactive ketones (excluding diaryl/α,β-unsaturated/α-hetero) is 1. The fourth-order valence-corrected chi connectivity index (χ4v) is 3.62. The van der Waals surface area contributed by atoms with Crippen molar-refractivity contribution in [2.45, 2.75) is 6.04 Å². The van der Waals surface area contributed by atoms with Gasteiger partial charge in [-0.2, -0.15) is 0 Å². The molecule has 3 aromatic carbocycles. The minimum Gasteiger partial charge on any atom is -0.507 e. The predicted molar refractivity (Wildman–Crippen MR) is 112 cm³/mol. The monoisotopic (exact) mass is 401 g/mol. The van der Waals surface area contributed by atoms with Crippen LogP contribution in [0.15, 0.2) is 84.4 Å². The number of aromatic hydroxyl groups is 1. The molecule has 0 aliphatic carbocycles. The second kappa shape index (κ2) is 7.75. The Balaban J connectivity index is 1.97. The van der Waals surface area contributed by atoms with Gasteiger partial charge in [-0.15, -0.1) is 0 Å². The molecule has 4 rings (SSSR count). The van der Waals surface area contributed by atoms with Crippen molar-refractivity contribution in [1.29, 1.82) is 0 Å². The van der Waals surface area contributed by atoms with Crippen LogP contribution in [0.2, 0.25) is 0 Å². The van der Waals surface area contributed by atoms with Crippen molar-refractivity contribution in [3.05, 3.63) is 95.6 Å². The van der Waals surface area contributed by atoms with Crippen molar-refractivity contribution in [2.75, 3.05) is 12.0 Å². The summed E-state index contributed by atoms with van der Waals surface area (Å²) in [6.07, 6.45) is 0. The summed E-state index contributed by atoms with van der Waals surface area (Å²) in [4.78, 5) is 27.4. The summed E-state index contributed by atoms with van der Waals surface area (Å²) >= 11 is 0. The number of rotatable bonds is 4. The first kappa shape index (κ1) is 19.3. The van der Waals surface area contributed by atoms with Crippen LogP contribution in [0.4, 0.5) is 5.69 Å². The summed E-state index contributed by atoms with van der Waals surface area (Å²) in [5.74, 6) is -1.65. The van der Waals surface area contributed by atoms with Crippen LogP contribution in [0.5, 0.6) is 11.5 Å². The Labute approximate surface area is 173 Å². The van der Waals surface area contributed by atoms with E-state index in [2.05, 4.69) is 0 Å². The maximum absolute atomic E-state index is 13.0. The smallest absolute Gasteiger partial charge is 0.300 e. The van der Waals surface area contributed by atoms with Gasteiger partial charge in [-0.3, -0.25) is 14.5 Å². The first-order chi connectivity index (χ1) is 14.5. The molecule has 1 heterocycles. The molecule has 0 radical (unpaired) electrons. The Kier molecular flexibility index (Phi) is 4.98. The van der Waals surface area contributed by atoms with Gasteiger partial charge in [0.25, 0.3) is 11.7 Å². The number of aliphatic hydroxyl groups is 1. The number of nitrogens with zero attached hydrogens (tertiary/aromatic N) is 1. The molecule has 0 spiro atoms. The number of amides is 1. The summed E-state index contributed by atoms with van der Waals surface area (Å²) in [7, 11) is 1.41. The predicted octanol–water partition coefficient (Wildman–Crippen LogP) is 4.03. The van der Waals surface area contributed by atoms with Crippen LogP contribution in [0, 0.1) is 0 Å². The Hall–Kier alpha value is -4.06. The molecule has 0 saturated carbocycles. The zero-order valence-electron chi connectivity index (χ0n) is 16.1. The molecule has 0 aromatic heterocycles. The van der Waals surface area contributed by atoms with Crippen LogP contribution >= 0.6 is 0 Å². The van der Waals surface area contributed by atoms with Crippen molar-refractivity contribution in [3.63, 3.8) is 0 Å². The van der Waals surface area contributed by atoms with E-state index < -0.39 is 17.7 Å². The average molecular weight is 401 g/mol.